The van der Waals surface area contributed by atoms with Crippen LogP contribution >= 0.6 is 22.9 Å². The average Bonchev–Trinajstić information content (AvgIpc) is 3.25. The monoisotopic (exact) mass is 559 g/mol. The van der Waals surface area contributed by atoms with Gasteiger partial charge in [-0.25, -0.2) is 32.3 Å². The first kappa shape index (κ1) is 25.4. The number of pyridine rings is 1. The first-order valence-corrected chi connectivity index (χ1v) is 12.3. The van der Waals surface area contributed by atoms with Crippen LogP contribution in [0.3, 0.4) is 0 Å². The molecule has 4 rings (SSSR count). The number of carbonyl (C=O) groups is 1. The Labute approximate surface area is 208 Å². The topological polar surface area (TPSA) is 132 Å². The molecule has 3 heterocycles. The van der Waals surface area contributed by atoms with Gasteiger partial charge in [-0.2, -0.15) is 13.2 Å². The first-order valence-electron chi connectivity index (χ1n) is 9.66. The standard InChI is InChI=1S/C20H13ClF3N5O5S2/c1-28-13-4-2-10(20(22,23)24)8-12(13)17(30)29(19(28)32)15-6-3-11(9-25-15)26-18(31)27-36(33,34)16-7-5-14(21)35-16/h2-9H,1H3,(H2,26,27,31). The molecule has 36 heavy (non-hydrogen) atoms. The molecule has 0 saturated heterocycles. The van der Waals surface area contributed by atoms with Crippen molar-refractivity contribution in [1.82, 2.24) is 18.8 Å². The molecule has 10 nitrogen and oxygen atoms in total. The van der Waals surface area contributed by atoms with Crippen molar-refractivity contribution >= 4 is 55.6 Å². The third-order valence-electron chi connectivity index (χ3n) is 4.87. The molecule has 0 saturated carbocycles. The molecule has 0 atom stereocenters. The molecule has 0 aliphatic heterocycles. The van der Waals surface area contributed by atoms with Crippen LogP contribution in [0.2, 0.25) is 4.34 Å². The molecule has 0 radical (unpaired) electrons. The van der Waals surface area contributed by atoms with Crippen LogP contribution in [0, 0.1) is 0 Å². The normalized spacial score (nSPS) is 12.0. The van der Waals surface area contributed by atoms with Crippen molar-refractivity contribution in [2.24, 2.45) is 7.05 Å². The lowest BCUT2D eigenvalue weighted by molar-refractivity contribution is -0.137. The highest BCUT2D eigenvalue weighted by Crippen LogP contribution is 2.30. The maximum Gasteiger partial charge on any atom is 0.416 e. The second-order valence-electron chi connectivity index (χ2n) is 7.24. The number of amides is 2. The predicted octanol–water partition coefficient (Wildman–Crippen LogP) is 3.33. The average molecular weight is 560 g/mol. The molecule has 3 aromatic heterocycles. The van der Waals surface area contributed by atoms with Gasteiger partial charge < -0.3 is 5.32 Å². The van der Waals surface area contributed by atoms with E-state index in [1.807, 2.05) is 0 Å². The smallest absolute Gasteiger partial charge is 0.306 e. The van der Waals surface area contributed by atoms with Gasteiger partial charge >= 0.3 is 17.9 Å². The van der Waals surface area contributed by atoms with Crippen molar-refractivity contribution in [3.8, 4) is 5.82 Å². The molecule has 0 spiro atoms. The lowest BCUT2D eigenvalue weighted by Crippen LogP contribution is -2.38. The Morgan fingerprint density at radius 1 is 1.11 bits per heavy atom. The summed E-state index contributed by atoms with van der Waals surface area (Å²) in [4.78, 5) is 41.7. The number of thiophene rings is 1. The van der Waals surface area contributed by atoms with Crippen molar-refractivity contribution in [2.45, 2.75) is 10.4 Å². The minimum Gasteiger partial charge on any atom is -0.306 e. The summed E-state index contributed by atoms with van der Waals surface area (Å²) in [7, 11) is -2.89. The van der Waals surface area contributed by atoms with Crippen molar-refractivity contribution in [2.75, 3.05) is 5.32 Å². The Morgan fingerprint density at radius 2 is 1.83 bits per heavy atom. The van der Waals surface area contributed by atoms with Gasteiger partial charge in [0.2, 0.25) is 0 Å². The Bertz CT molecular complexity index is 1730. The van der Waals surface area contributed by atoms with Gasteiger partial charge in [-0.3, -0.25) is 9.36 Å². The highest BCUT2D eigenvalue weighted by Gasteiger charge is 2.31. The largest absolute Gasteiger partial charge is 0.416 e. The lowest BCUT2D eigenvalue weighted by atomic mass is 10.1. The summed E-state index contributed by atoms with van der Waals surface area (Å²) >= 11 is 6.45. The molecular formula is C20H13ClF3N5O5S2. The number of nitrogens with zero attached hydrogens (tertiary/aromatic N) is 3. The molecule has 0 unspecified atom stereocenters. The molecule has 0 bridgehead atoms. The van der Waals surface area contributed by atoms with Gasteiger partial charge in [0.05, 0.1) is 32.7 Å². The van der Waals surface area contributed by atoms with Crippen molar-refractivity contribution in [3.63, 3.8) is 0 Å². The second-order valence-corrected chi connectivity index (χ2v) is 10.9. The number of hydrogen-bond donors (Lipinski definition) is 2. The predicted molar refractivity (Wildman–Crippen MR) is 126 cm³/mol. The van der Waals surface area contributed by atoms with Crippen LogP contribution in [0.25, 0.3) is 16.7 Å². The summed E-state index contributed by atoms with van der Waals surface area (Å²) in [5.41, 5.74) is -2.95. The van der Waals surface area contributed by atoms with Crippen LogP contribution in [0.1, 0.15) is 5.56 Å². The molecule has 2 N–H and O–H groups in total. The van der Waals surface area contributed by atoms with E-state index in [0.717, 1.165) is 40.3 Å². The van der Waals surface area contributed by atoms with Gasteiger partial charge in [-0.1, -0.05) is 11.6 Å². The summed E-state index contributed by atoms with van der Waals surface area (Å²) in [6, 6.07) is 6.28. The number of aryl methyl sites for hydroxylation is 1. The summed E-state index contributed by atoms with van der Waals surface area (Å²) in [5, 5.41) is 1.88. The Kier molecular flexibility index (Phi) is 6.40. The number of sulfonamides is 1. The summed E-state index contributed by atoms with van der Waals surface area (Å²) in [6.07, 6.45) is -3.67. The maximum atomic E-state index is 13.1. The lowest BCUT2D eigenvalue weighted by Gasteiger charge is -2.13. The number of benzene rings is 1. The van der Waals surface area contributed by atoms with E-state index in [-0.39, 0.29) is 31.0 Å². The molecular weight excluding hydrogens is 547 g/mol. The second kappa shape index (κ2) is 9.07. The van der Waals surface area contributed by atoms with E-state index >= 15 is 0 Å². The highest BCUT2D eigenvalue weighted by atomic mass is 35.5. The van der Waals surface area contributed by atoms with Gasteiger partial charge in [0.1, 0.15) is 10.0 Å². The van der Waals surface area contributed by atoms with Crippen LogP contribution in [0.15, 0.2) is 62.5 Å². The maximum absolute atomic E-state index is 13.1. The van der Waals surface area contributed by atoms with Gasteiger partial charge in [-0.15, -0.1) is 11.3 Å². The van der Waals surface area contributed by atoms with E-state index in [0.29, 0.717) is 10.6 Å². The fourth-order valence-electron chi connectivity index (χ4n) is 3.20. The molecule has 0 aliphatic carbocycles. The van der Waals surface area contributed by atoms with Gasteiger partial charge in [0, 0.05) is 7.05 Å². The number of nitrogens with one attached hydrogen (secondary N) is 2. The summed E-state index contributed by atoms with van der Waals surface area (Å²) < 4.78 is 67.2. The van der Waals surface area contributed by atoms with Crippen molar-refractivity contribution in [1.29, 1.82) is 0 Å². The van der Waals surface area contributed by atoms with Crippen molar-refractivity contribution < 1.29 is 26.4 Å². The van der Waals surface area contributed by atoms with Crippen LogP contribution in [-0.4, -0.2) is 28.6 Å². The van der Waals surface area contributed by atoms with E-state index < -0.39 is 39.0 Å². The quantitative estimate of drug-likeness (QED) is 0.394. The number of hydrogen-bond acceptors (Lipinski definition) is 7. The first-order chi connectivity index (χ1) is 16.8. The zero-order valence-corrected chi connectivity index (χ0v) is 20.2. The number of carbonyl (C=O) groups excluding carboxylic acids is 1. The Hall–Kier alpha value is -3.69. The SMILES string of the molecule is Cn1c(=O)n(-c2ccc(NC(=O)NS(=O)(=O)c3ccc(Cl)s3)cn2)c(=O)c2cc(C(F)(F)F)ccc21. The van der Waals surface area contributed by atoms with Crippen LogP contribution in [0.5, 0.6) is 0 Å². The molecule has 1 aromatic carbocycles. The van der Waals surface area contributed by atoms with Gasteiger partial charge in [0.15, 0.2) is 0 Å². The number of rotatable bonds is 4. The summed E-state index contributed by atoms with van der Waals surface area (Å²) in [6.45, 7) is 0. The fraction of sp³-hybridized carbons (Fsp3) is 0.100. The molecule has 188 valence electrons. The molecule has 0 aliphatic rings. The fourth-order valence-corrected chi connectivity index (χ4v) is 5.59. The van der Waals surface area contributed by atoms with Gasteiger partial charge in [0.25, 0.3) is 15.6 Å². The third-order valence-corrected chi connectivity index (χ3v) is 7.93. The number of aromatic nitrogens is 3. The zero-order valence-electron chi connectivity index (χ0n) is 17.8. The molecule has 4 aromatic rings. The van der Waals surface area contributed by atoms with Crippen molar-refractivity contribution in [3.05, 3.63) is 79.4 Å². The molecule has 16 heteroatoms. The van der Waals surface area contributed by atoms with E-state index in [9.17, 15) is 36.0 Å². The number of halogens is 4. The van der Waals surface area contributed by atoms with Crippen LogP contribution < -0.4 is 21.3 Å². The van der Waals surface area contributed by atoms with E-state index in [4.69, 9.17) is 11.6 Å². The number of fused-ring (bicyclic) bond motifs is 1. The summed E-state index contributed by atoms with van der Waals surface area (Å²) in [5.74, 6) is -0.230. The Balaban J connectivity index is 1.64. The number of anilines is 1. The Morgan fingerprint density at radius 3 is 2.42 bits per heavy atom. The molecule has 2 amide bonds. The minimum absolute atomic E-state index is 0.000631. The number of urea groups is 1. The van der Waals surface area contributed by atoms with E-state index in [1.165, 1.54) is 25.2 Å². The van der Waals surface area contributed by atoms with Crippen LogP contribution in [0.4, 0.5) is 23.7 Å². The zero-order chi connectivity index (χ0) is 26.4. The minimum atomic E-state index is -4.70. The van der Waals surface area contributed by atoms with E-state index in [2.05, 4.69) is 10.3 Å². The third kappa shape index (κ3) is 4.84. The molecule has 0 fully saturated rings. The number of alkyl halides is 3. The highest BCUT2D eigenvalue weighted by molar-refractivity contribution is 7.92. The van der Waals surface area contributed by atoms with Gasteiger partial charge in [-0.05, 0) is 42.5 Å². The van der Waals surface area contributed by atoms with Crippen LogP contribution in [-0.2, 0) is 23.2 Å². The van der Waals surface area contributed by atoms with E-state index in [1.54, 1.807) is 4.72 Å².